The smallest absolute Gasteiger partial charge is 0.115 e. The molecule has 0 aliphatic heterocycles. The van der Waals surface area contributed by atoms with Crippen molar-refractivity contribution in [3.63, 3.8) is 0 Å². The van der Waals surface area contributed by atoms with Gasteiger partial charge in [0.25, 0.3) is 0 Å². The normalized spacial score (nSPS) is 11.2. The minimum Gasteiger partial charge on any atom is -0.296 e. The summed E-state index contributed by atoms with van der Waals surface area (Å²) >= 11 is 18.3. The Morgan fingerprint density at radius 2 is 1.90 bits per heavy atom. The van der Waals surface area contributed by atoms with Crippen molar-refractivity contribution >= 4 is 45.8 Å². The Labute approximate surface area is 138 Å². The van der Waals surface area contributed by atoms with E-state index in [4.69, 9.17) is 34.8 Å². The molecule has 5 heteroatoms. The van der Waals surface area contributed by atoms with E-state index < -0.39 is 0 Å². The Kier molecular flexibility index (Phi) is 4.12. The number of fused-ring (bicyclic) bond motifs is 1. The average molecular weight is 340 g/mol. The standard InChI is InChI=1S/C16H13Cl3N2/c1-10-2-4-12(9-13(10)19)21-15-8-11(18)3-5-14(15)20-16(21)6-7-17/h2-5,8-9H,6-7H2,1H3. The first-order chi connectivity index (χ1) is 10.1. The topological polar surface area (TPSA) is 17.8 Å². The van der Waals surface area contributed by atoms with Crippen molar-refractivity contribution < 1.29 is 0 Å². The molecule has 0 fully saturated rings. The van der Waals surface area contributed by atoms with E-state index in [2.05, 4.69) is 9.55 Å². The quantitative estimate of drug-likeness (QED) is 0.582. The van der Waals surface area contributed by atoms with E-state index >= 15 is 0 Å². The summed E-state index contributed by atoms with van der Waals surface area (Å²) in [6.07, 6.45) is 0.680. The summed E-state index contributed by atoms with van der Waals surface area (Å²) < 4.78 is 2.06. The first-order valence-corrected chi connectivity index (χ1v) is 7.88. The predicted molar refractivity (Wildman–Crippen MR) is 90.3 cm³/mol. The summed E-state index contributed by atoms with van der Waals surface area (Å²) in [6, 6.07) is 11.6. The lowest BCUT2D eigenvalue weighted by atomic mass is 10.2. The molecule has 0 aliphatic carbocycles. The second-order valence-electron chi connectivity index (χ2n) is 4.87. The molecule has 0 aliphatic rings. The van der Waals surface area contributed by atoms with Crippen LogP contribution in [0.25, 0.3) is 16.7 Å². The monoisotopic (exact) mass is 338 g/mol. The van der Waals surface area contributed by atoms with Crippen molar-refractivity contribution in [2.45, 2.75) is 13.3 Å². The van der Waals surface area contributed by atoms with Gasteiger partial charge in [-0.05, 0) is 42.8 Å². The largest absolute Gasteiger partial charge is 0.296 e. The van der Waals surface area contributed by atoms with E-state index in [1.54, 1.807) is 0 Å². The van der Waals surface area contributed by atoms with Gasteiger partial charge in [-0.3, -0.25) is 4.57 Å². The third kappa shape index (κ3) is 2.76. The highest BCUT2D eigenvalue weighted by Gasteiger charge is 2.13. The molecule has 0 unspecified atom stereocenters. The molecule has 3 rings (SSSR count). The minimum atomic E-state index is 0.511. The fourth-order valence-corrected chi connectivity index (χ4v) is 2.87. The molecule has 1 heterocycles. The van der Waals surface area contributed by atoms with Gasteiger partial charge in [-0.2, -0.15) is 0 Å². The van der Waals surface area contributed by atoms with E-state index in [-0.39, 0.29) is 0 Å². The lowest BCUT2D eigenvalue weighted by molar-refractivity contribution is 0.912. The third-order valence-electron chi connectivity index (χ3n) is 3.42. The van der Waals surface area contributed by atoms with Gasteiger partial charge < -0.3 is 0 Å². The number of aromatic nitrogens is 2. The van der Waals surface area contributed by atoms with Crippen LogP contribution < -0.4 is 0 Å². The predicted octanol–water partition coefficient (Wildman–Crippen LogP) is 5.42. The maximum absolute atomic E-state index is 6.26. The molecule has 2 nitrogen and oxygen atoms in total. The zero-order valence-electron chi connectivity index (χ0n) is 11.4. The van der Waals surface area contributed by atoms with Crippen LogP contribution in [0.4, 0.5) is 0 Å². The Morgan fingerprint density at radius 3 is 2.62 bits per heavy atom. The second kappa shape index (κ2) is 5.88. The van der Waals surface area contributed by atoms with Crippen molar-refractivity contribution in [2.24, 2.45) is 0 Å². The molecule has 0 spiro atoms. The first-order valence-electron chi connectivity index (χ1n) is 6.59. The number of benzene rings is 2. The molecule has 0 saturated heterocycles. The molecule has 0 radical (unpaired) electrons. The zero-order valence-corrected chi connectivity index (χ0v) is 13.7. The van der Waals surface area contributed by atoms with Crippen molar-refractivity contribution in [3.8, 4) is 5.69 Å². The van der Waals surface area contributed by atoms with Crippen LogP contribution in [-0.2, 0) is 6.42 Å². The summed E-state index contributed by atoms with van der Waals surface area (Å²) in [5.41, 5.74) is 3.87. The Hall–Kier alpha value is -1.22. The lowest BCUT2D eigenvalue weighted by Crippen LogP contribution is -2.02. The van der Waals surface area contributed by atoms with Gasteiger partial charge in [-0.25, -0.2) is 4.98 Å². The number of hydrogen-bond donors (Lipinski definition) is 0. The van der Waals surface area contributed by atoms with Gasteiger partial charge in [0.15, 0.2) is 0 Å². The molecule has 3 aromatic rings. The SMILES string of the molecule is Cc1ccc(-n2c(CCCl)nc3ccc(Cl)cc32)cc1Cl. The van der Waals surface area contributed by atoms with Crippen LogP contribution in [0, 0.1) is 6.92 Å². The molecule has 0 atom stereocenters. The van der Waals surface area contributed by atoms with Crippen molar-refractivity contribution in [1.82, 2.24) is 9.55 Å². The molecule has 0 N–H and O–H groups in total. The van der Waals surface area contributed by atoms with E-state index in [0.29, 0.717) is 17.3 Å². The third-order valence-corrected chi connectivity index (χ3v) is 4.25. The number of imidazole rings is 1. The van der Waals surface area contributed by atoms with Gasteiger partial charge >= 0.3 is 0 Å². The van der Waals surface area contributed by atoms with Crippen molar-refractivity contribution in [3.05, 3.63) is 57.8 Å². The highest BCUT2D eigenvalue weighted by molar-refractivity contribution is 6.31. The van der Waals surface area contributed by atoms with Gasteiger partial charge in [-0.1, -0.05) is 29.3 Å². The lowest BCUT2D eigenvalue weighted by Gasteiger charge is -2.10. The van der Waals surface area contributed by atoms with E-state index in [0.717, 1.165) is 33.1 Å². The Balaban J connectivity index is 2.29. The summed E-state index contributed by atoms with van der Waals surface area (Å²) in [7, 11) is 0. The van der Waals surface area contributed by atoms with Crippen molar-refractivity contribution in [2.75, 3.05) is 5.88 Å². The minimum absolute atomic E-state index is 0.511. The van der Waals surface area contributed by atoms with Crippen LogP contribution in [0.15, 0.2) is 36.4 Å². The van der Waals surface area contributed by atoms with Crippen molar-refractivity contribution in [1.29, 1.82) is 0 Å². The molecule has 0 saturated carbocycles. The van der Waals surface area contributed by atoms with Crippen LogP contribution in [-0.4, -0.2) is 15.4 Å². The summed E-state index contributed by atoms with van der Waals surface area (Å²) in [5.74, 6) is 1.42. The molecule has 0 bridgehead atoms. The second-order valence-corrected chi connectivity index (χ2v) is 6.09. The number of hydrogen-bond acceptors (Lipinski definition) is 1. The Bertz CT molecular complexity index is 809. The highest BCUT2D eigenvalue weighted by Crippen LogP contribution is 2.27. The molecule has 1 aromatic heterocycles. The molecule has 0 amide bonds. The maximum atomic E-state index is 6.26. The van der Waals surface area contributed by atoms with Gasteiger partial charge in [0, 0.05) is 28.0 Å². The molecule has 108 valence electrons. The molecule has 2 aromatic carbocycles. The molecular weight excluding hydrogens is 327 g/mol. The van der Waals surface area contributed by atoms with E-state index in [1.165, 1.54) is 0 Å². The number of rotatable bonds is 3. The van der Waals surface area contributed by atoms with Crippen LogP contribution in [0.2, 0.25) is 10.0 Å². The number of alkyl halides is 1. The van der Waals surface area contributed by atoms with E-state index in [9.17, 15) is 0 Å². The molecule has 21 heavy (non-hydrogen) atoms. The zero-order chi connectivity index (χ0) is 15.0. The van der Waals surface area contributed by atoms with Crippen LogP contribution in [0.1, 0.15) is 11.4 Å². The number of nitrogens with zero attached hydrogens (tertiary/aromatic N) is 2. The number of aryl methyl sites for hydroxylation is 2. The van der Waals surface area contributed by atoms with Gasteiger partial charge in [0.2, 0.25) is 0 Å². The first kappa shape index (κ1) is 14.7. The summed E-state index contributed by atoms with van der Waals surface area (Å²) in [4.78, 5) is 4.65. The highest BCUT2D eigenvalue weighted by atomic mass is 35.5. The average Bonchev–Trinajstić information content (AvgIpc) is 2.80. The van der Waals surface area contributed by atoms with Gasteiger partial charge in [-0.15, -0.1) is 11.6 Å². The molecular formula is C16H13Cl3N2. The van der Waals surface area contributed by atoms with Gasteiger partial charge in [0.05, 0.1) is 11.0 Å². The van der Waals surface area contributed by atoms with Gasteiger partial charge in [0.1, 0.15) is 5.82 Å². The number of halogens is 3. The van der Waals surface area contributed by atoms with Crippen LogP contribution in [0.3, 0.4) is 0 Å². The maximum Gasteiger partial charge on any atom is 0.115 e. The summed E-state index contributed by atoms with van der Waals surface area (Å²) in [5, 5.41) is 1.41. The fraction of sp³-hybridized carbons (Fsp3) is 0.188. The van der Waals surface area contributed by atoms with Crippen LogP contribution in [0.5, 0.6) is 0 Å². The fourth-order valence-electron chi connectivity index (χ4n) is 2.36. The Morgan fingerprint density at radius 1 is 1.10 bits per heavy atom. The summed E-state index contributed by atoms with van der Waals surface area (Å²) in [6.45, 7) is 1.98. The van der Waals surface area contributed by atoms with Crippen LogP contribution >= 0.6 is 34.8 Å². The van der Waals surface area contributed by atoms with E-state index in [1.807, 2.05) is 43.3 Å².